The molecule has 118 valence electrons. The first kappa shape index (κ1) is 18.9. The normalized spacial score (nSPS) is 11.5. The van der Waals surface area contributed by atoms with E-state index < -0.39 is 17.4 Å². The van der Waals surface area contributed by atoms with Gasteiger partial charge in [-0.05, 0) is 39.0 Å². The van der Waals surface area contributed by atoms with E-state index in [9.17, 15) is 9.59 Å². The predicted octanol–water partition coefficient (Wildman–Crippen LogP) is 2.57. The molecule has 0 saturated carbocycles. The fourth-order valence-corrected chi connectivity index (χ4v) is 2.31. The molecule has 0 spiro atoms. The van der Waals surface area contributed by atoms with Gasteiger partial charge in [0.15, 0.2) is 5.41 Å². The second-order valence-electron chi connectivity index (χ2n) is 5.22. The van der Waals surface area contributed by atoms with Crippen LogP contribution in [0.5, 0.6) is 0 Å². The van der Waals surface area contributed by atoms with E-state index in [4.69, 9.17) is 14.2 Å². The smallest absolute Gasteiger partial charge is 0.323 e. The molecular weight excluding hydrogens is 260 g/mol. The molecule has 0 fully saturated rings. The zero-order valence-corrected chi connectivity index (χ0v) is 13.4. The first-order valence-electron chi connectivity index (χ1n) is 7.28. The molecule has 0 rings (SSSR count). The maximum Gasteiger partial charge on any atom is 0.323 e. The molecule has 5 nitrogen and oxygen atoms in total. The number of rotatable bonds is 10. The first-order chi connectivity index (χ1) is 9.44. The number of carbonyl (C=O) groups is 2. The zero-order chi connectivity index (χ0) is 15.6. The zero-order valence-electron chi connectivity index (χ0n) is 13.4. The minimum atomic E-state index is -1.21. The number of methoxy groups -OCH3 is 1. The van der Waals surface area contributed by atoms with Crippen LogP contribution in [-0.4, -0.2) is 38.9 Å². The molecule has 0 aromatic rings. The Balaban J connectivity index is 5.26. The van der Waals surface area contributed by atoms with E-state index in [1.54, 1.807) is 21.0 Å². The van der Waals surface area contributed by atoms with E-state index in [-0.39, 0.29) is 19.1 Å². The summed E-state index contributed by atoms with van der Waals surface area (Å²) in [6.45, 7) is 8.42. The van der Waals surface area contributed by atoms with Crippen LogP contribution in [0, 0.1) is 11.3 Å². The number of esters is 2. The molecule has 20 heavy (non-hydrogen) atoms. The minimum absolute atomic E-state index is 0.186. The highest BCUT2D eigenvalue weighted by Crippen LogP contribution is 2.35. The molecular formula is C15H28O5. The third kappa shape index (κ3) is 5.49. The standard InChI is InChI=1S/C15H28O5/c1-6-19-13(16)15(11-12(3)4,9-8-10-18-5)14(17)20-7-2/h12H,6-11H2,1-5H3. The van der Waals surface area contributed by atoms with Gasteiger partial charge in [-0.2, -0.15) is 0 Å². The molecule has 0 aliphatic rings. The molecule has 0 amide bonds. The van der Waals surface area contributed by atoms with Crippen molar-refractivity contribution in [3.8, 4) is 0 Å². The highest BCUT2D eigenvalue weighted by atomic mass is 16.6. The summed E-state index contributed by atoms with van der Waals surface area (Å²) in [6.07, 6.45) is 1.42. The van der Waals surface area contributed by atoms with Crippen molar-refractivity contribution in [2.24, 2.45) is 11.3 Å². The summed E-state index contributed by atoms with van der Waals surface area (Å²) in [4.78, 5) is 24.7. The quantitative estimate of drug-likeness (QED) is 0.351. The number of ether oxygens (including phenoxy) is 3. The van der Waals surface area contributed by atoms with Gasteiger partial charge in [0.1, 0.15) is 0 Å². The second kappa shape index (κ2) is 9.75. The van der Waals surface area contributed by atoms with Crippen molar-refractivity contribution in [3.05, 3.63) is 0 Å². The van der Waals surface area contributed by atoms with E-state index in [1.165, 1.54) is 0 Å². The molecule has 5 heteroatoms. The highest BCUT2D eigenvalue weighted by Gasteiger charge is 2.48. The molecule has 0 unspecified atom stereocenters. The Bertz CT molecular complexity index is 281. The van der Waals surface area contributed by atoms with E-state index in [0.29, 0.717) is 25.9 Å². The topological polar surface area (TPSA) is 61.8 Å². The Labute approximate surface area is 122 Å². The lowest BCUT2D eigenvalue weighted by atomic mass is 9.76. The Morgan fingerprint density at radius 2 is 1.55 bits per heavy atom. The fraction of sp³-hybridized carbons (Fsp3) is 0.867. The van der Waals surface area contributed by atoms with Crippen molar-refractivity contribution in [2.75, 3.05) is 26.9 Å². The van der Waals surface area contributed by atoms with Crippen molar-refractivity contribution in [3.63, 3.8) is 0 Å². The third-order valence-corrected chi connectivity index (χ3v) is 3.04. The van der Waals surface area contributed by atoms with Gasteiger partial charge in [0, 0.05) is 13.7 Å². The van der Waals surface area contributed by atoms with Gasteiger partial charge in [-0.25, -0.2) is 0 Å². The minimum Gasteiger partial charge on any atom is -0.465 e. The lowest BCUT2D eigenvalue weighted by Crippen LogP contribution is -2.43. The lowest BCUT2D eigenvalue weighted by molar-refractivity contribution is -0.174. The van der Waals surface area contributed by atoms with E-state index in [2.05, 4.69) is 0 Å². The van der Waals surface area contributed by atoms with Gasteiger partial charge in [0.2, 0.25) is 0 Å². The molecule has 0 radical (unpaired) electrons. The summed E-state index contributed by atoms with van der Waals surface area (Å²) in [5.41, 5.74) is -1.21. The number of hydrogen-bond acceptors (Lipinski definition) is 5. The summed E-state index contributed by atoms with van der Waals surface area (Å²) in [5.74, 6) is -0.780. The molecule has 0 aliphatic carbocycles. The van der Waals surface area contributed by atoms with Crippen molar-refractivity contribution in [2.45, 2.75) is 47.0 Å². The summed E-state index contributed by atoms with van der Waals surface area (Å²) in [5, 5.41) is 0. The average molecular weight is 288 g/mol. The Hall–Kier alpha value is -1.10. The maximum absolute atomic E-state index is 12.3. The van der Waals surface area contributed by atoms with Crippen molar-refractivity contribution in [1.82, 2.24) is 0 Å². The van der Waals surface area contributed by atoms with Crippen molar-refractivity contribution < 1.29 is 23.8 Å². The molecule has 0 N–H and O–H groups in total. The Kier molecular flexibility index (Phi) is 9.21. The van der Waals surface area contributed by atoms with Gasteiger partial charge in [-0.3, -0.25) is 9.59 Å². The summed E-state index contributed by atoms with van der Waals surface area (Å²) < 4.78 is 15.3. The van der Waals surface area contributed by atoms with Crippen LogP contribution in [0.25, 0.3) is 0 Å². The van der Waals surface area contributed by atoms with Crippen molar-refractivity contribution >= 4 is 11.9 Å². The van der Waals surface area contributed by atoms with Gasteiger partial charge >= 0.3 is 11.9 Å². The van der Waals surface area contributed by atoms with E-state index in [1.807, 2.05) is 13.8 Å². The van der Waals surface area contributed by atoms with Crippen LogP contribution in [0.15, 0.2) is 0 Å². The van der Waals surface area contributed by atoms with Crippen LogP contribution in [-0.2, 0) is 23.8 Å². The van der Waals surface area contributed by atoms with Gasteiger partial charge in [0.25, 0.3) is 0 Å². The van der Waals surface area contributed by atoms with Crippen LogP contribution in [0.3, 0.4) is 0 Å². The third-order valence-electron chi connectivity index (χ3n) is 3.04. The van der Waals surface area contributed by atoms with Crippen LogP contribution < -0.4 is 0 Å². The molecule has 0 atom stereocenters. The number of carbonyl (C=O) groups excluding carboxylic acids is 2. The summed E-state index contributed by atoms with van der Waals surface area (Å²) >= 11 is 0. The first-order valence-corrected chi connectivity index (χ1v) is 7.28. The monoisotopic (exact) mass is 288 g/mol. The molecule has 0 heterocycles. The van der Waals surface area contributed by atoms with Crippen LogP contribution in [0.4, 0.5) is 0 Å². The van der Waals surface area contributed by atoms with Gasteiger partial charge in [0.05, 0.1) is 13.2 Å². The predicted molar refractivity (Wildman–Crippen MR) is 76.3 cm³/mol. The molecule has 0 aromatic heterocycles. The molecule has 0 saturated heterocycles. The average Bonchev–Trinajstić information content (AvgIpc) is 2.37. The van der Waals surface area contributed by atoms with Crippen LogP contribution >= 0.6 is 0 Å². The largest absolute Gasteiger partial charge is 0.465 e. The molecule has 0 aliphatic heterocycles. The fourth-order valence-electron chi connectivity index (χ4n) is 2.31. The Morgan fingerprint density at radius 1 is 1.05 bits per heavy atom. The maximum atomic E-state index is 12.3. The highest BCUT2D eigenvalue weighted by molar-refractivity contribution is 6.00. The van der Waals surface area contributed by atoms with Gasteiger partial charge < -0.3 is 14.2 Å². The molecule has 0 aromatic carbocycles. The van der Waals surface area contributed by atoms with Crippen molar-refractivity contribution in [1.29, 1.82) is 0 Å². The molecule has 0 bridgehead atoms. The number of hydrogen-bond donors (Lipinski definition) is 0. The van der Waals surface area contributed by atoms with E-state index in [0.717, 1.165) is 0 Å². The lowest BCUT2D eigenvalue weighted by Gasteiger charge is -2.30. The SMILES string of the molecule is CCOC(=O)C(CCCOC)(CC(C)C)C(=O)OCC. The van der Waals surface area contributed by atoms with Gasteiger partial charge in [-0.15, -0.1) is 0 Å². The second-order valence-corrected chi connectivity index (χ2v) is 5.22. The summed E-state index contributed by atoms with van der Waals surface area (Å²) in [7, 11) is 1.60. The van der Waals surface area contributed by atoms with Gasteiger partial charge in [-0.1, -0.05) is 13.8 Å². The van der Waals surface area contributed by atoms with E-state index >= 15 is 0 Å². The van der Waals surface area contributed by atoms with Crippen LogP contribution in [0.1, 0.15) is 47.0 Å². The summed E-state index contributed by atoms with van der Waals surface area (Å²) in [6, 6.07) is 0. The Morgan fingerprint density at radius 3 is 1.90 bits per heavy atom. The van der Waals surface area contributed by atoms with Crippen LogP contribution in [0.2, 0.25) is 0 Å².